The molecule has 3 aliphatic heterocycles. The highest BCUT2D eigenvalue weighted by atomic mass is 32.2. The number of aliphatic hydroxyl groups excluding tert-OH is 1. The summed E-state index contributed by atoms with van der Waals surface area (Å²) in [5.74, 6) is -0.780. The van der Waals surface area contributed by atoms with E-state index in [-0.39, 0.29) is 29.1 Å². The number of ether oxygens (including phenoxy) is 1. The number of thioether (sulfide) groups is 1. The van der Waals surface area contributed by atoms with Gasteiger partial charge in [-0.05, 0) is 56.9 Å². The minimum atomic E-state index is -0.665. The first kappa shape index (κ1) is 22.9. The Balaban J connectivity index is 1.68. The van der Waals surface area contributed by atoms with Crippen LogP contribution in [0.2, 0.25) is 0 Å². The van der Waals surface area contributed by atoms with E-state index in [1.54, 1.807) is 55.1 Å². The predicted molar refractivity (Wildman–Crippen MR) is 122 cm³/mol. The molecule has 0 aromatic heterocycles. The van der Waals surface area contributed by atoms with Crippen LogP contribution in [0.1, 0.15) is 32.6 Å². The van der Waals surface area contributed by atoms with Gasteiger partial charge in [0.05, 0.1) is 23.7 Å². The number of likely N-dealkylation sites (tertiary alicyclic amines) is 1. The lowest BCUT2D eigenvalue weighted by Gasteiger charge is -2.34. The molecular formula is C23H31N3O5S. The Morgan fingerprint density at radius 2 is 1.94 bits per heavy atom. The lowest BCUT2D eigenvalue weighted by atomic mass is 9.66. The summed E-state index contributed by atoms with van der Waals surface area (Å²) in [6.07, 6.45) is 2.66. The lowest BCUT2D eigenvalue weighted by molar-refractivity contribution is -0.140. The zero-order chi connectivity index (χ0) is 23.1. The standard InChI is InChI=1S/C23H31N3O5S/c1-22-10-11-23(32-22)17(16(22)19(28)24-2)21(30)26(12-4-5-13-27)18(23)20(29)25-14-6-8-15(31-3)9-7-14/h6-9,16-18,27H,4-5,10-13H2,1-3H3,(H,24,28)(H,25,29)/t16-,17+,18?,22+,23?/m1/s1. The van der Waals surface area contributed by atoms with Gasteiger partial charge in [0.15, 0.2) is 0 Å². The summed E-state index contributed by atoms with van der Waals surface area (Å²) in [6.45, 7) is 2.47. The third kappa shape index (κ3) is 3.46. The molecule has 3 heterocycles. The van der Waals surface area contributed by atoms with Crippen molar-refractivity contribution in [1.82, 2.24) is 10.2 Å². The molecular weight excluding hydrogens is 430 g/mol. The zero-order valence-corrected chi connectivity index (χ0v) is 19.5. The minimum absolute atomic E-state index is 0.0347. The van der Waals surface area contributed by atoms with Crippen LogP contribution < -0.4 is 15.4 Å². The molecule has 0 radical (unpaired) electrons. The molecule has 0 aliphatic carbocycles. The highest BCUT2D eigenvalue weighted by Gasteiger charge is 2.76. The Hall–Kier alpha value is -2.26. The molecule has 1 aromatic rings. The fourth-order valence-electron chi connectivity index (χ4n) is 5.80. The van der Waals surface area contributed by atoms with Gasteiger partial charge < -0.3 is 25.4 Å². The number of anilines is 1. The van der Waals surface area contributed by atoms with Gasteiger partial charge in [-0.3, -0.25) is 14.4 Å². The van der Waals surface area contributed by atoms with Gasteiger partial charge in [-0.25, -0.2) is 0 Å². The van der Waals surface area contributed by atoms with Gasteiger partial charge in [0.1, 0.15) is 11.8 Å². The van der Waals surface area contributed by atoms with Gasteiger partial charge in [0.2, 0.25) is 17.7 Å². The van der Waals surface area contributed by atoms with Crippen molar-refractivity contribution in [1.29, 1.82) is 0 Å². The van der Waals surface area contributed by atoms with Gasteiger partial charge in [0.25, 0.3) is 0 Å². The Morgan fingerprint density at radius 1 is 1.22 bits per heavy atom. The lowest BCUT2D eigenvalue weighted by Crippen LogP contribution is -2.52. The Labute approximate surface area is 192 Å². The van der Waals surface area contributed by atoms with Crippen molar-refractivity contribution >= 4 is 35.2 Å². The normalized spacial score (nSPS) is 32.7. The van der Waals surface area contributed by atoms with E-state index in [0.29, 0.717) is 30.8 Å². The summed E-state index contributed by atoms with van der Waals surface area (Å²) in [6, 6.07) is 6.42. The number of hydrogen-bond acceptors (Lipinski definition) is 6. The monoisotopic (exact) mass is 461 g/mol. The largest absolute Gasteiger partial charge is 0.497 e. The molecule has 9 heteroatoms. The molecule has 3 saturated heterocycles. The Bertz CT molecular complexity index is 909. The number of nitrogens with zero attached hydrogens (tertiary/aromatic N) is 1. The van der Waals surface area contributed by atoms with E-state index in [2.05, 4.69) is 10.6 Å². The van der Waals surface area contributed by atoms with Crippen molar-refractivity contribution in [3.05, 3.63) is 24.3 Å². The smallest absolute Gasteiger partial charge is 0.248 e. The quantitative estimate of drug-likeness (QED) is 0.508. The first-order valence-corrected chi connectivity index (χ1v) is 11.9. The predicted octanol–water partition coefficient (Wildman–Crippen LogP) is 1.63. The number of fused-ring (bicyclic) bond motifs is 1. The van der Waals surface area contributed by atoms with Crippen LogP contribution in [0.5, 0.6) is 5.75 Å². The molecule has 32 heavy (non-hydrogen) atoms. The Kier molecular flexibility index (Phi) is 6.15. The number of amides is 3. The molecule has 5 atom stereocenters. The number of carbonyl (C=O) groups excluding carboxylic acids is 3. The van der Waals surface area contributed by atoms with Crippen molar-refractivity contribution in [2.75, 3.05) is 32.6 Å². The van der Waals surface area contributed by atoms with E-state index in [9.17, 15) is 19.5 Å². The van der Waals surface area contributed by atoms with Crippen molar-refractivity contribution in [3.8, 4) is 5.75 Å². The molecule has 2 bridgehead atoms. The molecule has 2 unspecified atom stereocenters. The third-order valence-corrected chi connectivity index (χ3v) is 9.20. The number of hydrogen-bond donors (Lipinski definition) is 3. The fraction of sp³-hybridized carbons (Fsp3) is 0.609. The first-order valence-electron chi connectivity index (χ1n) is 11.1. The molecule has 1 spiro atoms. The summed E-state index contributed by atoms with van der Waals surface area (Å²) >= 11 is 1.65. The number of benzene rings is 1. The molecule has 3 amide bonds. The van der Waals surface area contributed by atoms with Crippen LogP contribution in [0.25, 0.3) is 0 Å². The molecule has 3 N–H and O–H groups in total. The maximum Gasteiger partial charge on any atom is 0.248 e. The number of methoxy groups -OCH3 is 1. The number of unbranched alkanes of at least 4 members (excludes halogenated alkanes) is 1. The second-order valence-electron chi connectivity index (χ2n) is 9.02. The van der Waals surface area contributed by atoms with Crippen LogP contribution in [-0.4, -0.2) is 70.6 Å². The van der Waals surface area contributed by atoms with Gasteiger partial charge >= 0.3 is 0 Å². The van der Waals surface area contributed by atoms with E-state index < -0.39 is 22.6 Å². The maximum atomic E-state index is 13.7. The number of rotatable bonds is 8. The molecule has 174 valence electrons. The van der Waals surface area contributed by atoms with Gasteiger partial charge in [-0.15, -0.1) is 11.8 Å². The van der Waals surface area contributed by atoms with Crippen LogP contribution in [0.3, 0.4) is 0 Å². The number of nitrogens with one attached hydrogen (secondary N) is 2. The zero-order valence-electron chi connectivity index (χ0n) is 18.7. The summed E-state index contributed by atoms with van der Waals surface area (Å²) in [5, 5.41) is 14.9. The van der Waals surface area contributed by atoms with Crippen LogP contribution in [0.4, 0.5) is 5.69 Å². The highest BCUT2D eigenvalue weighted by Crippen LogP contribution is 2.71. The molecule has 3 aliphatic rings. The topological polar surface area (TPSA) is 108 Å². The highest BCUT2D eigenvalue weighted by molar-refractivity contribution is 8.02. The van der Waals surface area contributed by atoms with Crippen LogP contribution in [-0.2, 0) is 14.4 Å². The van der Waals surface area contributed by atoms with Gasteiger partial charge in [-0.1, -0.05) is 0 Å². The summed E-state index contributed by atoms with van der Waals surface area (Å²) in [4.78, 5) is 41.8. The number of aliphatic hydroxyl groups is 1. The molecule has 3 fully saturated rings. The van der Waals surface area contributed by atoms with Crippen molar-refractivity contribution in [2.24, 2.45) is 11.8 Å². The first-order chi connectivity index (χ1) is 15.3. The van der Waals surface area contributed by atoms with E-state index >= 15 is 0 Å². The van der Waals surface area contributed by atoms with E-state index in [4.69, 9.17) is 4.74 Å². The van der Waals surface area contributed by atoms with Crippen molar-refractivity contribution in [2.45, 2.75) is 48.1 Å². The third-order valence-electron chi connectivity index (χ3n) is 7.22. The fourth-order valence-corrected chi connectivity index (χ4v) is 8.16. The number of carbonyl (C=O) groups is 3. The SMILES string of the molecule is CNC(=O)[C@H]1[C@H]2C(=O)N(CCCCO)C(C(=O)Nc3ccc(OC)cc3)C23CC[C@]1(C)S3. The molecule has 4 rings (SSSR count). The molecule has 8 nitrogen and oxygen atoms in total. The van der Waals surface area contributed by atoms with Crippen LogP contribution >= 0.6 is 11.8 Å². The van der Waals surface area contributed by atoms with Gasteiger partial charge in [0, 0.05) is 30.6 Å². The average Bonchev–Trinajstić information content (AvgIpc) is 3.35. The van der Waals surface area contributed by atoms with Gasteiger partial charge in [-0.2, -0.15) is 0 Å². The van der Waals surface area contributed by atoms with Crippen molar-refractivity contribution < 1.29 is 24.2 Å². The Morgan fingerprint density at radius 3 is 2.56 bits per heavy atom. The van der Waals surface area contributed by atoms with Crippen molar-refractivity contribution in [3.63, 3.8) is 0 Å². The average molecular weight is 462 g/mol. The second kappa shape index (κ2) is 8.59. The molecule has 0 saturated carbocycles. The summed E-state index contributed by atoms with van der Waals surface area (Å²) in [7, 11) is 3.18. The van der Waals surface area contributed by atoms with Crippen LogP contribution in [0.15, 0.2) is 24.3 Å². The van der Waals surface area contributed by atoms with E-state index in [1.165, 1.54) is 0 Å². The van der Waals surface area contributed by atoms with E-state index in [1.807, 2.05) is 6.92 Å². The summed E-state index contributed by atoms with van der Waals surface area (Å²) in [5.41, 5.74) is 0.630. The van der Waals surface area contributed by atoms with E-state index in [0.717, 1.165) is 12.8 Å². The summed E-state index contributed by atoms with van der Waals surface area (Å²) < 4.78 is 4.19. The second-order valence-corrected chi connectivity index (χ2v) is 10.9. The minimum Gasteiger partial charge on any atom is -0.497 e. The maximum absolute atomic E-state index is 13.7. The molecule has 1 aromatic carbocycles. The van der Waals surface area contributed by atoms with Crippen LogP contribution in [0, 0.1) is 11.8 Å².